The summed E-state index contributed by atoms with van der Waals surface area (Å²) in [5.41, 5.74) is 9.69. The fourth-order valence-corrected chi connectivity index (χ4v) is 8.02. The van der Waals surface area contributed by atoms with Gasteiger partial charge >= 0.3 is 0 Å². The first kappa shape index (κ1) is 27.1. The lowest BCUT2D eigenvalue weighted by Gasteiger charge is -2.13. The third kappa shape index (κ3) is 3.74. The first-order chi connectivity index (χ1) is 24.8. The molecule has 0 bridgehead atoms. The number of hydrogen-bond acceptors (Lipinski definition) is 3. The molecule has 4 aromatic heterocycles. The molecule has 0 aliphatic rings. The van der Waals surface area contributed by atoms with Crippen LogP contribution in [-0.4, -0.2) is 23.9 Å². The molecule has 0 N–H and O–H groups in total. The highest BCUT2D eigenvalue weighted by Crippen LogP contribution is 2.46. The van der Waals surface area contributed by atoms with Crippen LogP contribution in [-0.2, 0) is 0 Å². The van der Waals surface area contributed by atoms with Gasteiger partial charge in [-0.05, 0) is 41.8 Å². The van der Waals surface area contributed by atoms with Crippen molar-refractivity contribution in [2.75, 3.05) is 0 Å². The van der Waals surface area contributed by atoms with Gasteiger partial charge in [-0.15, -0.1) is 0 Å². The predicted molar refractivity (Wildman–Crippen MR) is 205 cm³/mol. The molecular formula is C45H27N5. The average Bonchev–Trinajstić information content (AvgIpc) is 3.67. The fraction of sp³-hybridized carbons (Fsp3) is 0. The summed E-state index contributed by atoms with van der Waals surface area (Å²) in [4.78, 5) is 15.5. The maximum absolute atomic E-state index is 5.25. The van der Waals surface area contributed by atoms with Gasteiger partial charge in [-0.1, -0.05) is 127 Å². The van der Waals surface area contributed by atoms with Gasteiger partial charge in [-0.2, -0.15) is 0 Å². The van der Waals surface area contributed by atoms with Gasteiger partial charge in [-0.3, -0.25) is 0 Å². The van der Waals surface area contributed by atoms with Crippen LogP contribution < -0.4 is 0 Å². The van der Waals surface area contributed by atoms with Crippen LogP contribution in [0, 0.1) is 0 Å². The maximum Gasteiger partial charge on any atom is 0.166 e. The number of fused-ring (bicyclic) bond motifs is 5. The van der Waals surface area contributed by atoms with Crippen LogP contribution in [0.1, 0.15) is 0 Å². The summed E-state index contributed by atoms with van der Waals surface area (Å²) in [5, 5.41) is 7.28. The second kappa shape index (κ2) is 10.3. The zero-order chi connectivity index (χ0) is 32.8. The highest BCUT2D eigenvalue weighted by molar-refractivity contribution is 6.32. The molecule has 0 amide bonds. The summed E-state index contributed by atoms with van der Waals surface area (Å²) in [6.45, 7) is 0. The normalized spacial score (nSPS) is 12.0. The topological polar surface area (TPSA) is 48.0 Å². The maximum atomic E-state index is 5.25. The summed E-state index contributed by atoms with van der Waals surface area (Å²) >= 11 is 0. The van der Waals surface area contributed by atoms with Crippen LogP contribution in [0.15, 0.2) is 164 Å². The van der Waals surface area contributed by atoms with E-state index in [2.05, 4.69) is 136 Å². The molecule has 0 aliphatic heterocycles. The van der Waals surface area contributed by atoms with Crippen LogP contribution in [0.2, 0.25) is 0 Å². The van der Waals surface area contributed by atoms with E-state index in [9.17, 15) is 0 Å². The van der Waals surface area contributed by atoms with E-state index in [-0.39, 0.29) is 0 Å². The molecule has 5 nitrogen and oxygen atoms in total. The van der Waals surface area contributed by atoms with Crippen molar-refractivity contribution in [1.82, 2.24) is 23.9 Å². The van der Waals surface area contributed by atoms with E-state index in [0.29, 0.717) is 17.5 Å². The minimum Gasteiger partial charge on any atom is -0.309 e. The monoisotopic (exact) mass is 637 g/mol. The summed E-state index contributed by atoms with van der Waals surface area (Å²) in [7, 11) is 0. The molecule has 0 fully saturated rings. The standard InChI is InChI=1S/C45H27N5/c1-4-14-28(15-5-1)43-46-44(29-16-6-2-7-17-29)48-45(47-43)35-26-27-38-40-39-32(21-13-25-37(39)49(38)30-18-8-3-9-19-30)34-23-12-22-33-31-20-10-11-24-36(31)50(41(33)34)42(35)40/h1-27H. The highest BCUT2D eigenvalue weighted by Gasteiger charge is 2.25. The van der Waals surface area contributed by atoms with E-state index in [1.54, 1.807) is 0 Å². The van der Waals surface area contributed by atoms with Crippen molar-refractivity contribution >= 4 is 59.9 Å². The van der Waals surface area contributed by atoms with Gasteiger partial charge in [0.1, 0.15) is 0 Å². The largest absolute Gasteiger partial charge is 0.309 e. The van der Waals surface area contributed by atoms with Crippen molar-refractivity contribution < 1.29 is 0 Å². The van der Waals surface area contributed by atoms with Gasteiger partial charge in [0.15, 0.2) is 17.5 Å². The third-order valence-electron chi connectivity index (χ3n) is 10.1. The Balaban J connectivity index is 1.40. The molecule has 0 unspecified atom stereocenters. The Morgan fingerprint density at radius 2 is 0.860 bits per heavy atom. The third-order valence-corrected chi connectivity index (χ3v) is 10.1. The summed E-state index contributed by atoms with van der Waals surface area (Å²) in [6.07, 6.45) is 0. The zero-order valence-corrected chi connectivity index (χ0v) is 26.8. The van der Waals surface area contributed by atoms with Crippen molar-refractivity contribution in [3.05, 3.63) is 164 Å². The molecule has 0 radical (unpaired) electrons. The summed E-state index contributed by atoms with van der Waals surface area (Å²) in [6, 6.07) is 57.7. The van der Waals surface area contributed by atoms with Crippen LogP contribution in [0.3, 0.4) is 0 Å². The Labute approximate surface area is 286 Å². The molecule has 0 saturated heterocycles. The van der Waals surface area contributed by atoms with Crippen LogP contribution in [0.5, 0.6) is 0 Å². The number of benzene rings is 7. The van der Waals surface area contributed by atoms with Crippen molar-refractivity contribution in [3.63, 3.8) is 0 Å². The van der Waals surface area contributed by atoms with Gasteiger partial charge in [0.05, 0.1) is 27.6 Å². The lowest BCUT2D eigenvalue weighted by atomic mass is 10.0. The molecular weight excluding hydrogens is 611 g/mol. The van der Waals surface area contributed by atoms with E-state index in [0.717, 1.165) is 38.9 Å². The smallest absolute Gasteiger partial charge is 0.166 e. The van der Waals surface area contributed by atoms with Gasteiger partial charge in [0, 0.05) is 49.3 Å². The molecule has 0 atom stereocenters. The Kier molecular flexibility index (Phi) is 5.60. The average molecular weight is 638 g/mol. The first-order valence-corrected chi connectivity index (χ1v) is 16.9. The number of para-hydroxylation sites is 3. The molecule has 0 spiro atoms. The Morgan fingerprint density at radius 1 is 0.340 bits per heavy atom. The van der Waals surface area contributed by atoms with Crippen molar-refractivity contribution in [3.8, 4) is 39.9 Å². The lowest BCUT2D eigenvalue weighted by Crippen LogP contribution is -2.01. The predicted octanol–water partition coefficient (Wildman–Crippen LogP) is 11.1. The van der Waals surface area contributed by atoms with E-state index < -0.39 is 0 Å². The second-order valence-corrected chi connectivity index (χ2v) is 12.8. The molecule has 4 heterocycles. The van der Waals surface area contributed by atoms with E-state index in [1.165, 1.54) is 43.4 Å². The van der Waals surface area contributed by atoms with Gasteiger partial charge in [-0.25, -0.2) is 15.0 Å². The zero-order valence-electron chi connectivity index (χ0n) is 26.8. The fourth-order valence-electron chi connectivity index (χ4n) is 8.02. The molecule has 11 rings (SSSR count). The Hall–Kier alpha value is -6.85. The van der Waals surface area contributed by atoms with Crippen molar-refractivity contribution in [2.24, 2.45) is 0 Å². The van der Waals surface area contributed by atoms with Crippen molar-refractivity contribution in [1.29, 1.82) is 0 Å². The lowest BCUT2D eigenvalue weighted by molar-refractivity contribution is 1.07. The van der Waals surface area contributed by atoms with Crippen LogP contribution in [0.4, 0.5) is 0 Å². The summed E-state index contributed by atoms with van der Waals surface area (Å²) in [5.74, 6) is 1.93. The van der Waals surface area contributed by atoms with Crippen molar-refractivity contribution in [2.45, 2.75) is 0 Å². The van der Waals surface area contributed by atoms with E-state index in [4.69, 9.17) is 15.0 Å². The number of nitrogens with zero attached hydrogens (tertiary/aromatic N) is 5. The minimum atomic E-state index is 0.637. The Bertz CT molecular complexity index is 3010. The molecule has 0 aliphatic carbocycles. The first-order valence-electron chi connectivity index (χ1n) is 16.9. The van der Waals surface area contributed by atoms with E-state index in [1.807, 2.05) is 36.4 Å². The highest BCUT2D eigenvalue weighted by atomic mass is 15.0. The molecule has 5 heteroatoms. The quantitative estimate of drug-likeness (QED) is 0.193. The number of aromatic nitrogens is 5. The SMILES string of the molecule is c1ccc(-c2nc(-c3ccccc3)nc(-c3ccc4c5c6c(cccc6n4-c4ccccc4)c4cccc6c7ccccc7n(c35)c46)n2)cc1. The molecule has 232 valence electrons. The van der Waals surface area contributed by atoms with Gasteiger partial charge in [0.2, 0.25) is 0 Å². The molecule has 50 heavy (non-hydrogen) atoms. The van der Waals surface area contributed by atoms with Crippen LogP contribution >= 0.6 is 0 Å². The Morgan fingerprint density at radius 3 is 1.58 bits per heavy atom. The van der Waals surface area contributed by atoms with Gasteiger partial charge < -0.3 is 8.97 Å². The molecule has 7 aromatic carbocycles. The number of rotatable bonds is 4. The van der Waals surface area contributed by atoms with Gasteiger partial charge in [0.25, 0.3) is 0 Å². The minimum absolute atomic E-state index is 0.637. The number of hydrogen-bond donors (Lipinski definition) is 0. The van der Waals surface area contributed by atoms with E-state index >= 15 is 0 Å². The molecule has 0 saturated carbocycles. The summed E-state index contributed by atoms with van der Waals surface area (Å²) < 4.78 is 4.87. The van der Waals surface area contributed by atoms with Crippen LogP contribution in [0.25, 0.3) is 99.8 Å². The second-order valence-electron chi connectivity index (χ2n) is 12.8. The molecule has 11 aromatic rings.